The Morgan fingerprint density at radius 3 is 2.15 bits per heavy atom. The number of aryl methyl sites for hydroxylation is 1. The van der Waals surface area contributed by atoms with Crippen LogP contribution in [-0.4, -0.2) is 25.2 Å². The Morgan fingerprint density at radius 1 is 0.732 bits per heavy atom. The van der Waals surface area contributed by atoms with E-state index < -0.39 is 10.1 Å². The number of methoxy groups -OCH3 is 1. The van der Waals surface area contributed by atoms with Gasteiger partial charge in [0, 0.05) is 22.8 Å². The zero-order chi connectivity index (χ0) is 29.0. The van der Waals surface area contributed by atoms with E-state index in [4.69, 9.17) is 9.29 Å². The van der Waals surface area contributed by atoms with E-state index in [1.807, 2.05) is 61.5 Å². The summed E-state index contributed by atoms with van der Waals surface area (Å²) in [5.74, 6) is 0.408. The van der Waals surface area contributed by atoms with Gasteiger partial charge in [0.1, 0.15) is 17.1 Å². The first-order valence-corrected chi connectivity index (χ1v) is 13.8. The van der Waals surface area contributed by atoms with E-state index in [0.717, 1.165) is 22.3 Å². The molecular weight excluding hydrogens is 542 g/mol. The second kappa shape index (κ2) is 11.5. The van der Waals surface area contributed by atoms with Gasteiger partial charge in [0.15, 0.2) is 5.75 Å². The van der Waals surface area contributed by atoms with Gasteiger partial charge in [-0.2, -0.15) is 18.6 Å². The molecule has 0 bridgehead atoms. The van der Waals surface area contributed by atoms with Crippen LogP contribution in [0.4, 0.5) is 34.1 Å². The number of anilines is 2. The molecule has 11 heteroatoms. The van der Waals surface area contributed by atoms with Crippen LogP contribution in [0.1, 0.15) is 5.56 Å². The van der Waals surface area contributed by atoms with Crippen LogP contribution in [0.25, 0.3) is 10.8 Å². The minimum absolute atomic E-state index is 0.0126. The smallest absolute Gasteiger partial charge is 0.294 e. The molecule has 5 aromatic carbocycles. The summed E-state index contributed by atoms with van der Waals surface area (Å²) in [5.41, 5.74) is 4.24. The number of azo groups is 2. The number of hydrogen-bond donors (Lipinski definition) is 3. The predicted octanol–water partition coefficient (Wildman–Crippen LogP) is 8.68. The Kier molecular flexibility index (Phi) is 7.72. The highest BCUT2D eigenvalue weighted by Gasteiger charge is 2.11. The van der Waals surface area contributed by atoms with Crippen molar-refractivity contribution in [2.75, 3.05) is 12.4 Å². The van der Waals surface area contributed by atoms with Crippen molar-refractivity contribution >= 4 is 55.0 Å². The number of aromatic hydroxyl groups is 1. The number of phenolic OH excluding ortho intramolecular Hbond substituents is 1. The number of ether oxygens (including phenoxy) is 1. The molecule has 0 atom stereocenters. The van der Waals surface area contributed by atoms with Gasteiger partial charge in [-0.3, -0.25) is 4.55 Å². The minimum atomic E-state index is -4.29. The second-order valence-electron chi connectivity index (χ2n) is 9.04. The van der Waals surface area contributed by atoms with Gasteiger partial charge in [-0.25, -0.2) is 0 Å². The summed E-state index contributed by atoms with van der Waals surface area (Å²) < 4.78 is 37.0. The number of fused-ring (bicyclic) bond motifs is 1. The quantitative estimate of drug-likeness (QED) is 0.126. The SMILES string of the molecule is COc1cc(N=Nc2ccc(S(=O)(=O)O)cc2)c(C)cc1N=Nc1ccc2cc(Nc3ccccc3)ccc2c1O. The highest BCUT2D eigenvalue weighted by molar-refractivity contribution is 7.85. The monoisotopic (exact) mass is 567 g/mol. The Balaban J connectivity index is 1.37. The van der Waals surface area contributed by atoms with E-state index in [2.05, 4.69) is 25.8 Å². The molecule has 206 valence electrons. The average molecular weight is 568 g/mol. The molecule has 3 N–H and O–H groups in total. The zero-order valence-electron chi connectivity index (χ0n) is 22.1. The number of hydrogen-bond acceptors (Lipinski definition) is 9. The van der Waals surface area contributed by atoms with Crippen LogP contribution < -0.4 is 10.1 Å². The largest absolute Gasteiger partial charge is 0.505 e. The number of nitrogens with one attached hydrogen (secondary N) is 1. The fraction of sp³-hybridized carbons (Fsp3) is 0.0667. The highest BCUT2D eigenvalue weighted by Crippen LogP contribution is 2.40. The van der Waals surface area contributed by atoms with Crippen LogP contribution in [0.15, 0.2) is 122 Å². The first-order valence-electron chi connectivity index (χ1n) is 12.4. The van der Waals surface area contributed by atoms with E-state index in [1.54, 1.807) is 18.2 Å². The minimum Gasteiger partial charge on any atom is -0.505 e. The summed E-state index contributed by atoms with van der Waals surface area (Å²) in [7, 11) is -2.79. The van der Waals surface area contributed by atoms with E-state index in [0.29, 0.717) is 33.9 Å². The third kappa shape index (κ3) is 6.38. The Bertz CT molecular complexity index is 1890. The summed E-state index contributed by atoms with van der Waals surface area (Å²) in [6.45, 7) is 1.82. The number of benzene rings is 5. The predicted molar refractivity (Wildman–Crippen MR) is 158 cm³/mol. The van der Waals surface area contributed by atoms with Crippen LogP contribution in [0.5, 0.6) is 11.5 Å². The number of phenols is 1. The fourth-order valence-electron chi connectivity index (χ4n) is 4.06. The number of rotatable bonds is 8. The summed E-state index contributed by atoms with van der Waals surface area (Å²) >= 11 is 0. The van der Waals surface area contributed by atoms with Gasteiger partial charge >= 0.3 is 0 Å². The van der Waals surface area contributed by atoms with Crippen molar-refractivity contribution in [2.24, 2.45) is 20.5 Å². The molecule has 0 spiro atoms. The molecule has 41 heavy (non-hydrogen) atoms. The Morgan fingerprint density at radius 2 is 1.44 bits per heavy atom. The standard InChI is InChI=1S/C30H25N5O5S/c1-19-16-28(29(40-2)18-27(19)34-32-22-9-12-24(13-10-22)41(37,38)39)35-33-26-15-8-20-17-23(11-14-25(20)30(26)36)31-21-6-4-3-5-7-21/h3-18,31,36H,1-2H3,(H,37,38,39). The lowest BCUT2D eigenvalue weighted by molar-refractivity contribution is 0.416. The number of nitrogens with zero attached hydrogens (tertiary/aromatic N) is 4. The topological polar surface area (TPSA) is 145 Å². The van der Waals surface area contributed by atoms with Crippen molar-refractivity contribution in [3.8, 4) is 11.5 Å². The summed E-state index contributed by atoms with van der Waals surface area (Å²) in [6, 6.07) is 27.8. The summed E-state index contributed by atoms with van der Waals surface area (Å²) in [5, 5.41) is 32.7. The second-order valence-corrected chi connectivity index (χ2v) is 10.5. The van der Waals surface area contributed by atoms with Gasteiger partial charge < -0.3 is 15.2 Å². The Hall–Kier alpha value is -5.13. The third-order valence-corrected chi connectivity index (χ3v) is 7.07. The highest BCUT2D eigenvalue weighted by atomic mass is 32.2. The molecule has 0 aromatic heterocycles. The van der Waals surface area contributed by atoms with Crippen LogP contribution >= 0.6 is 0 Å². The van der Waals surface area contributed by atoms with Crippen molar-refractivity contribution in [1.29, 1.82) is 0 Å². The first kappa shape index (κ1) is 27.4. The molecule has 5 aromatic rings. The molecule has 0 aliphatic rings. The fourth-order valence-corrected chi connectivity index (χ4v) is 4.54. The molecule has 0 heterocycles. The van der Waals surface area contributed by atoms with E-state index >= 15 is 0 Å². The van der Waals surface area contributed by atoms with Crippen LogP contribution in [0.2, 0.25) is 0 Å². The zero-order valence-corrected chi connectivity index (χ0v) is 22.9. The maximum atomic E-state index is 11.2. The summed E-state index contributed by atoms with van der Waals surface area (Å²) in [6.07, 6.45) is 0. The molecule has 0 fully saturated rings. The van der Waals surface area contributed by atoms with Crippen LogP contribution in [-0.2, 0) is 10.1 Å². The van der Waals surface area contributed by atoms with Crippen molar-refractivity contribution in [1.82, 2.24) is 0 Å². The maximum absolute atomic E-state index is 11.2. The first-order chi connectivity index (χ1) is 19.7. The van der Waals surface area contributed by atoms with Crippen molar-refractivity contribution in [3.05, 3.63) is 103 Å². The van der Waals surface area contributed by atoms with Gasteiger partial charge in [-0.15, -0.1) is 10.2 Å². The molecule has 0 aliphatic heterocycles. The molecule has 0 aliphatic carbocycles. The molecule has 0 radical (unpaired) electrons. The molecule has 0 amide bonds. The third-order valence-electron chi connectivity index (χ3n) is 6.20. The van der Waals surface area contributed by atoms with E-state index in [-0.39, 0.29) is 10.6 Å². The van der Waals surface area contributed by atoms with Gasteiger partial charge in [0.05, 0.1) is 23.4 Å². The van der Waals surface area contributed by atoms with Crippen LogP contribution in [0.3, 0.4) is 0 Å². The van der Waals surface area contributed by atoms with Gasteiger partial charge in [0.25, 0.3) is 10.1 Å². The van der Waals surface area contributed by atoms with Crippen LogP contribution in [0, 0.1) is 6.92 Å². The van der Waals surface area contributed by atoms with Crippen molar-refractivity contribution in [2.45, 2.75) is 11.8 Å². The lowest BCUT2D eigenvalue weighted by Gasteiger charge is -2.10. The normalized spacial score (nSPS) is 11.9. The van der Waals surface area contributed by atoms with Gasteiger partial charge in [0.2, 0.25) is 0 Å². The average Bonchev–Trinajstić information content (AvgIpc) is 2.96. The van der Waals surface area contributed by atoms with E-state index in [1.165, 1.54) is 31.4 Å². The lowest BCUT2D eigenvalue weighted by Crippen LogP contribution is -1.96. The van der Waals surface area contributed by atoms with E-state index in [9.17, 15) is 13.5 Å². The van der Waals surface area contributed by atoms with Crippen molar-refractivity contribution in [3.63, 3.8) is 0 Å². The molecule has 10 nitrogen and oxygen atoms in total. The molecule has 5 rings (SSSR count). The molecule has 0 unspecified atom stereocenters. The van der Waals surface area contributed by atoms with Gasteiger partial charge in [-0.05, 0) is 84.6 Å². The lowest BCUT2D eigenvalue weighted by atomic mass is 10.1. The Labute approximate surface area is 236 Å². The molecular formula is C30H25N5O5S. The summed E-state index contributed by atoms with van der Waals surface area (Å²) in [4.78, 5) is -0.230. The maximum Gasteiger partial charge on any atom is 0.294 e. The molecule has 0 saturated carbocycles. The van der Waals surface area contributed by atoms with Crippen molar-refractivity contribution < 1.29 is 22.8 Å². The molecule has 0 saturated heterocycles. The number of para-hydroxylation sites is 1. The van der Waals surface area contributed by atoms with Gasteiger partial charge in [-0.1, -0.05) is 24.3 Å².